The Morgan fingerprint density at radius 2 is 1.67 bits per heavy atom. The first kappa shape index (κ1) is 14.9. The molecule has 5 nitrogen and oxygen atoms in total. The van der Waals surface area contributed by atoms with Crippen LogP contribution in [-0.4, -0.2) is 23.6 Å². The maximum atomic E-state index is 12.0. The highest BCUT2D eigenvalue weighted by Gasteiger charge is 2.07. The molecule has 0 aromatic heterocycles. The predicted molar refractivity (Wildman–Crippen MR) is 79.0 cm³/mol. The zero-order valence-corrected chi connectivity index (χ0v) is 11.6. The number of carboxylic acid groups (broad SMARTS) is 1. The largest absolute Gasteiger partial charge is 0.482 e. The van der Waals surface area contributed by atoms with Gasteiger partial charge in [0.05, 0.1) is 0 Å². The Kier molecular flexibility index (Phi) is 4.79. The first-order valence-electron chi connectivity index (χ1n) is 6.06. The zero-order valence-electron chi connectivity index (χ0n) is 10.9. The summed E-state index contributed by atoms with van der Waals surface area (Å²) in [5.41, 5.74) is 1.07. The van der Waals surface area contributed by atoms with Crippen LogP contribution in [0.5, 0.6) is 5.75 Å². The molecular weight excluding hydrogens is 294 g/mol. The van der Waals surface area contributed by atoms with Gasteiger partial charge in [0, 0.05) is 16.3 Å². The zero-order chi connectivity index (χ0) is 15.2. The molecule has 0 saturated heterocycles. The maximum Gasteiger partial charge on any atom is 0.341 e. The summed E-state index contributed by atoms with van der Waals surface area (Å²) in [7, 11) is 0. The fraction of sp³-hybridized carbons (Fsp3) is 0.0667. The average Bonchev–Trinajstić information content (AvgIpc) is 2.48. The number of ether oxygens (including phenoxy) is 1. The fourth-order valence-corrected chi connectivity index (χ4v) is 1.71. The third-order valence-corrected chi connectivity index (χ3v) is 2.83. The Labute approximate surface area is 126 Å². The predicted octanol–water partition coefficient (Wildman–Crippen LogP) is 3.06. The second-order valence-corrected chi connectivity index (χ2v) is 4.60. The Hall–Kier alpha value is -2.53. The number of hydrogen-bond donors (Lipinski definition) is 2. The van der Waals surface area contributed by atoms with Gasteiger partial charge in [-0.3, -0.25) is 4.79 Å². The number of carbonyl (C=O) groups excluding carboxylic acids is 1. The summed E-state index contributed by atoms with van der Waals surface area (Å²) in [4.78, 5) is 22.4. The topological polar surface area (TPSA) is 75.6 Å². The minimum absolute atomic E-state index is 0.276. The summed E-state index contributed by atoms with van der Waals surface area (Å²) in [6, 6.07) is 13.0. The number of aliphatic carboxylic acids is 1. The molecule has 0 saturated carbocycles. The molecular formula is C15H12ClNO4. The number of halogens is 1. The van der Waals surface area contributed by atoms with Crippen LogP contribution in [0.2, 0.25) is 5.02 Å². The monoisotopic (exact) mass is 305 g/mol. The molecule has 0 bridgehead atoms. The van der Waals surface area contributed by atoms with Crippen molar-refractivity contribution in [2.75, 3.05) is 11.9 Å². The van der Waals surface area contributed by atoms with Crippen LogP contribution in [0.25, 0.3) is 0 Å². The maximum absolute atomic E-state index is 12.0. The molecule has 6 heteroatoms. The van der Waals surface area contributed by atoms with Gasteiger partial charge in [0.2, 0.25) is 0 Å². The molecule has 0 heterocycles. The van der Waals surface area contributed by atoms with Gasteiger partial charge in [0.15, 0.2) is 6.61 Å². The van der Waals surface area contributed by atoms with Crippen LogP contribution in [0.4, 0.5) is 5.69 Å². The van der Waals surface area contributed by atoms with Crippen LogP contribution >= 0.6 is 11.6 Å². The van der Waals surface area contributed by atoms with Gasteiger partial charge in [-0.05, 0) is 48.5 Å². The van der Waals surface area contributed by atoms with Crippen LogP contribution in [-0.2, 0) is 4.79 Å². The molecule has 1 amide bonds. The summed E-state index contributed by atoms with van der Waals surface area (Å²) in [6.45, 7) is -0.420. The van der Waals surface area contributed by atoms with E-state index in [0.717, 1.165) is 0 Å². The quantitative estimate of drug-likeness (QED) is 0.890. The number of carboxylic acids is 1. The van der Waals surface area contributed by atoms with Gasteiger partial charge in [-0.25, -0.2) is 4.79 Å². The number of benzene rings is 2. The highest BCUT2D eigenvalue weighted by atomic mass is 35.5. The van der Waals surface area contributed by atoms with Crippen molar-refractivity contribution in [2.45, 2.75) is 0 Å². The number of nitrogens with one attached hydrogen (secondary N) is 1. The van der Waals surface area contributed by atoms with Crippen molar-refractivity contribution in [1.29, 1.82) is 0 Å². The van der Waals surface area contributed by atoms with E-state index in [4.69, 9.17) is 21.4 Å². The lowest BCUT2D eigenvalue weighted by molar-refractivity contribution is -0.139. The molecule has 0 radical (unpaired) electrons. The van der Waals surface area contributed by atoms with E-state index in [1.807, 2.05) is 0 Å². The third-order valence-electron chi connectivity index (χ3n) is 2.58. The van der Waals surface area contributed by atoms with Gasteiger partial charge in [-0.15, -0.1) is 0 Å². The van der Waals surface area contributed by atoms with Gasteiger partial charge >= 0.3 is 5.97 Å². The Morgan fingerprint density at radius 3 is 2.24 bits per heavy atom. The van der Waals surface area contributed by atoms with Crippen molar-refractivity contribution in [2.24, 2.45) is 0 Å². The number of amides is 1. The Bertz CT molecular complexity index is 638. The van der Waals surface area contributed by atoms with Crippen molar-refractivity contribution in [1.82, 2.24) is 0 Å². The van der Waals surface area contributed by atoms with E-state index in [9.17, 15) is 9.59 Å². The van der Waals surface area contributed by atoms with E-state index >= 15 is 0 Å². The number of hydrogen-bond acceptors (Lipinski definition) is 3. The van der Waals surface area contributed by atoms with Crippen molar-refractivity contribution in [3.8, 4) is 5.75 Å². The van der Waals surface area contributed by atoms with Gasteiger partial charge in [0.1, 0.15) is 5.75 Å². The van der Waals surface area contributed by atoms with E-state index in [2.05, 4.69) is 5.32 Å². The molecule has 2 aromatic carbocycles. The van der Waals surface area contributed by atoms with Crippen LogP contribution in [0.15, 0.2) is 48.5 Å². The minimum Gasteiger partial charge on any atom is -0.482 e. The summed E-state index contributed by atoms with van der Waals surface area (Å²) in [6.07, 6.45) is 0. The fourth-order valence-electron chi connectivity index (χ4n) is 1.58. The second kappa shape index (κ2) is 6.76. The van der Waals surface area contributed by atoms with E-state index in [1.54, 1.807) is 48.5 Å². The van der Waals surface area contributed by atoms with Crippen LogP contribution < -0.4 is 10.1 Å². The van der Waals surface area contributed by atoms with E-state index < -0.39 is 12.6 Å². The summed E-state index contributed by atoms with van der Waals surface area (Å²) in [5.74, 6) is -0.942. The molecule has 0 spiro atoms. The smallest absolute Gasteiger partial charge is 0.341 e. The summed E-state index contributed by atoms with van der Waals surface area (Å²) < 4.78 is 4.99. The summed E-state index contributed by atoms with van der Waals surface area (Å²) in [5, 5.41) is 11.8. The van der Waals surface area contributed by atoms with Crippen molar-refractivity contribution < 1.29 is 19.4 Å². The number of anilines is 1. The molecule has 0 unspecified atom stereocenters. The van der Waals surface area contributed by atoms with Crippen LogP contribution in [0, 0.1) is 0 Å². The number of rotatable bonds is 5. The standard InChI is InChI=1S/C15H12ClNO4/c16-11-3-5-12(6-4-11)17-15(20)10-1-7-13(8-2-10)21-9-14(18)19/h1-8H,9H2,(H,17,20)(H,18,19). The van der Waals surface area contributed by atoms with Gasteiger partial charge in [-0.2, -0.15) is 0 Å². The SMILES string of the molecule is O=C(O)COc1ccc(C(=O)Nc2ccc(Cl)cc2)cc1. The highest BCUT2D eigenvalue weighted by Crippen LogP contribution is 2.16. The van der Waals surface area contributed by atoms with Crippen LogP contribution in [0.1, 0.15) is 10.4 Å². The highest BCUT2D eigenvalue weighted by molar-refractivity contribution is 6.30. The van der Waals surface area contributed by atoms with E-state index in [-0.39, 0.29) is 5.91 Å². The first-order valence-corrected chi connectivity index (χ1v) is 6.44. The Balaban J connectivity index is 1.99. The number of carbonyl (C=O) groups is 2. The van der Waals surface area contributed by atoms with Crippen molar-refractivity contribution in [3.05, 3.63) is 59.1 Å². The lowest BCUT2D eigenvalue weighted by Crippen LogP contribution is -2.12. The molecule has 0 aliphatic rings. The minimum atomic E-state index is -1.06. The van der Waals surface area contributed by atoms with E-state index in [1.165, 1.54) is 0 Å². The van der Waals surface area contributed by atoms with Gasteiger partial charge < -0.3 is 15.2 Å². The van der Waals surface area contributed by atoms with E-state index in [0.29, 0.717) is 22.0 Å². The normalized spacial score (nSPS) is 9.95. The van der Waals surface area contributed by atoms with Gasteiger partial charge in [-0.1, -0.05) is 11.6 Å². The Morgan fingerprint density at radius 1 is 1.05 bits per heavy atom. The lowest BCUT2D eigenvalue weighted by atomic mass is 10.2. The molecule has 0 aliphatic carbocycles. The second-order valence-electron chi connectivity index (χ2n) is 4.17. The summed E-state index contributed by atoms with van der Waals surface area (Å²) >= 11 is 5.77. The molecule has 2 rings (SSSR count). The van der Waals surface area contributed by atoms with Crippen molar-refractivity contribution >= 4 is 29.2 Å². The molecule has 2 N–H and O–H groups in total. The van der Waals surface area contributed by atoms with Crippen LogP contribution in [0.3, 0.4) is 0 Å². The third kappa shape index (κ3) is 4.50. The molecule has 0 fully saturated rings. The average molecular weight is 306 g/mol. The first-order chi connectivity index (χ1) is 10.0. The molecule has 2 aromatic rings. The molecule has 0 aliphatic heterocycles. The molecule has 21 heavy (non-hydrogen) atoms. The van der Waals surface area contributed by atoms with Crippen molar-refractivity contribution in [3.63, 3.8) is 0 Å². The molecule has 0 atom stereocenters. The van der Waals surface area contributed by atoms with Gasteiger partial charge in [0.25, 0.3) is 5.91 Å². The molecule has 108 valence electrons. The lowest BCUT2D eigenvalue weighted by Gasteiger charge is -2.07.